The molecule has 1 aliphatic heterocycles. The Morgan fingerprint density at radius 1 is 1.00 bits per heavy atom. The van der Waals surface area contributed by atoms with Gasteiger partial charge in [-0.25, -0.2) is 0 Å². The minimum absolute atomic E-state index is 0.269. The maximum absolute atomic E-state index is 12.7. The molecule has 1 unspecified atom stereocenters. The van der Waals surface area contributed by atoms with Gasteiger partial charge in [0.05, 0.1) is 0 Å². The molecule has 5 heteroatoms. The summed E-state index contributed by atoms with van der Waals surface area (Å²) >= 11 is 0. The Kier molecular flexibility index (Phi) is 5.26. The van der Waals surface area contributed by atoms with Crippen LogP contribution in [-0.2, 0) is 10.2 Å². The van der Waals surface area contributed by atoms with Gasteiger partial charge in [0.1, 0.15) is 0 Å². The van der Waals surface area contributed by atoms with Gasteiger partial charge in [-0.2, -0.15) is 17.0 Å². The number of rotatable bonds is 5. The molecule has 1 saturated carbocycles. The zero-order chi connectivity index (χ0) is 13.9. The van der Waals surface area contributed by atoms with Gasteiger partial charge in [-0.15, -0.1) is 0 Å². The molecular weight excluding hydrogens is 260 g/mol. The van der Waals surface area contributed by atoms with E-state index in [-0.39, 0.29) is 6.04 Å². The molecule has 0 aromatic carbocycles. The molecule has 1 heterocycles. The number of nitrogens with zero attached hydrogens (tertiary/aromatic N) is 2. The van der Waals surface area contributed by atoms with E-state index in [1.54, 1.807) is 4.31 Å². The smallest absolute Gasteiger partial charge is 0.195 e. The fourth-order valence-electron chi connectivity index (χ4n) is 3.74. The molecule has 112 valence electrons. The van der Waals surface area contributed by atoms with Crippen molar-refractivity contribution in [1.82, 2.24) is 8.61 Å². The van der Waals surface area contributed by atoms with Crippen LogP contribution < -0.4 is 0 Å². The Hall–Kier alpha value is -0.130. The summed E-state index contributed by atoms with van der Waals surface area (Å²) in [6, 6.07) is 0.269. The second kappa shape index (κ2) is 6.55. The van der Waals surface area contributed by atoms with E-state index < -0.39 is 10.2 Å². The average molecular weight is 288 g/mol. The molecule has 1 saturated heterocycles. The van der Waals surface area contributed by atoms with Crippen LogP contribution in [0, 0.1) is 5.92 Å². The van der Waals surface area contributed by atoms with Gasteiger partial charge < -0.3 is 0 Å². The van der Waals surface area contributed by atoms with Crippen molar-refractivity contribution in [3.63, 3.8) is 0 Å². The molecule has 2 rings (SSSR count). The fraction of sp³-hybridized carbons (Fsp3) is 1.00. The molecule has 0 spiro atoms. The molecule has 0 bridgehead atoms. The van der Waals surface area contributed by atoms with Crippen LogP contribution in [0.1, 0.15) is 58.8 Å². The molecule has 0 aromatic rings. The number of hydrogen-bond acceptors (Lipinski definition) is 2. The summed E-state index contributed by atoms with van der Waals surface area (Å²) in [5.74, 6) is 0.599. The topological polar surface area (TPSA) is 40.6 Å². The van der Waals surface area contributed by atoms with Crippen molar-refractivity contribution in [2.75, 3.05) is 19.6 Å². The first-order valence-corrected chi connectivity index (χ1v) is 9.27. The van der Waals surface area contributed by atoms with Crippen molar-refractivity contribution in [2.45, 2.75) is 64.8 Å². The SMILES string of the molecule is CCN(CC)S(=O)(=O)N1CCCC1C1CCCCC1. The first-order chi connectivity index (χ1) is 9.11. The molecular formula is C14H28N2O2S. The van der Waals surface area contributed by atoms with E-state index in [1.807, 2.05) is 18.2 Å². The van der Waals surface area contributed by atoms with Gasteiger partial charge >= 0.3 is 0 Å². The van der Waals surface area contributed by atoms with Crippen molar-refractivity contribution < 1.29 is 8.42 Å². The highest BCUT2D eigenvalue weighted by Gasteiger charge is 2.40. The molecule has 0 N–H and O–H groups in total. The summed E-state index contributed by atoms with van der Waals surface area (Å²) in [4.78, 5) is 0. The van der Waals surface area contributed by atoms with Gasteiger partial charge in [0.15, 0.2) is 0 Å². The maximum atomic E-state index is 12.7. The summed E-state index contributed by atoms with van der Waals surface area (Å²) in [5.41, 5.74) is 0. The lowest BCUT2D eigenvalue weighted by Crippen LogP contribution is -2.48. The van der Waals surface area contributed by atoms with E-state index in [0.29, 0.717) is 19.0 Å². The van der Waals surface area contributed by atoms with Crippen LogP contribution in [0.5, 0.6) is 0 Å². The third kappa shape index (κ3) is 3.14. The van der Waals surface area contributed by atoms with Gasteiger partial charge in [0.25, 0.3) is 10.2 Å². The fourth-order valence-corrected chi connectivity index (χ4v) is 5.67. The minimum atomic E-state index is -3.23. The first-order valence-electron chi connectivity index (χ1n) is 7.88. The highest BCUT2D eigenvalue weighted by Crippen LogP contribution is 2.36. The summed E-state index contributed by atoms with van der Waals surface area (Å²) in [5, 5.41) is 0. The maximum Gasteiger partial charge on any atom is 0.282 e. The zero-order valence-electron chi connectivity index (χ0n) is 12.3. The quantitative estimate of drug-likeness (QED) is 0.780. The highest BCUT2D eigenvalue weighted by molar-refractivity contribution is 7.86. The van der Waals surface area contributed by atoms with Gasteiger partial charge in [-0.05, 0) is 31.6 Å². The predicted octanol–water partition coefficient (Wildman–Crippen LogP) is 2.62. The molecule has 0 aromatic heterocycles. The van der Waals surface area contributed by atoms with E-state index in [1.165, 1.54) is 32.1 Å². The van der Waals surface area contributed by atoms with Gasteiger partial charge in [-0.1, -0.05) is 33.1 Å². The minimum Gasteiger partial charge on any atom is -0.195 e. The third-order valence-electron chi connectivity index (χ3n) is 4.77. The van der Waals surface area contributed by atoms with Gasteiger partial charge in [0, 0.05) is 25.7 Å². The molecule has 0 amide bonds. The molecule has 0 radical (unpaired) electrons. The van der Waals surface area contributed by atoms with E-state index in [0.717, 1.165) is 19.4 Å². The summed E-state index contributed by atoms with van der Waals surface area (Å²) < 4.78 is 28.8. The van der Waals surface area contributed by atoms with E-state index >= 15 is 0 Å². The first kappa shape index (κ1) is 15.3. The summed E-state index contributed by atoms with van der Waals surface area (Å²) in [6.45, 7) is 5.72. The van der Waals surface area contributed by atoms with Gasteiger partial charge in [-0.3, -0.25) is 0 Å². The van der Waals surface area contributed by atoms with Crippen LogP contribution in [0.4, 0.5) is 0 Å². The molecule has 19 heavy (non-hydrogen) atoms. The van der Waals surface area contributed by atoms with Crippen LogP contribution in [0.3, 0.4) is 0 Å². The van der Waals surface area contributed by atoms with Crippen molar-refractivity contribution in [3.05, 3.63) is 0 Å². The Labute approximate surface area is 118 Å². The van der Waals surface area contributed by atoms with Crippen molar-refractivity contribution in [1.29, 1.82) is 0 Å². The van der Waals surface area contributed by atoms with E-state index in [2.05, 4.69) is 0 Å². The van der Waals surface area contributed by atoms with Crippen LogP contribution in [-0.4, -0.2) is 42.7 Å². The predicted molar refractivity (Wildman–Crippen MR) is 78.1 cm³/mol. The second-order valence-corrected chi connectivity index (χ2v) is 7.69. The van der Waals surface area contributed by atoms with Crippen molar-refractivity contribution >= 4 is 10.2 Å². The average Bonchev–Trinajstić information content (AvgIpc) is 2.91. The van der Waals surface area contributed by atoms with Crippen molar-refractivity contribution in [2.24, 2.45) is 5.92 Å². The largest absolute Gasteiger partial charge is 0.282 e. The second-order valence-electron chi connectivity index (χ2n) is 5.81. The van der Waals surface area contributed by atoms with E-state index in [9.17, 15) is 8.42 Å². The lowest BCUT2D eigenvalue weighted by molar-refractivity contribution is 0.216. The number of hydrogen-bond donors (Lipinski definition) is 0. The third-order valence-corrected chi connectivity index (χ3v) is 6.99. The van der Waals surface area contributed by atoms with Crippen LogP contribution in [0.15, 0.2) is 0 Å². The summed E-state index contributed by atoms with van der Waals surface area (Å²) in [7, 11) is -3.23. The van der Waals surface area contributed by atoms with Crippen molar-refractivity contribution in [3.8, 4) is 0 Å². The standard InChI is InChI=1S/C14H28N2O2S/c1-3-15(4-2)19(17,18)16-12-8-11-14(16)13-9-6-5-7-10-13/h13-14H,3-12H2,1-2H3. The van der Waals surface area contributed by atoms with Crippen LogP contribution in [0.25, 0.3) is 0 Å². The Balaban J connectivity index is 2.13. The van der Waals surface area contributed by atoms with Crippen LogP contribution >= 0.6 is 0 Å². The molecule has 1 atom stereocenters. The lowest BCUT2D eigenvalue weighted by Gasteiger charge is -2.35. The Morgan fingerprint density at radius 2 is 1.63 bits per heavy atom. The normalized spacial score (nSPS) is 27.2. The van der Waals surface area contributed by atoms with Crippen LogP contribution in [0.2, 0.25) is 0 Å². The lowest BCUT2D eigenvalue weighted by atomic mass is 9.83. The monoisotopic (exact) mass is 288 g/mol. The molecule has 1 aliphatic carbocycles. The molecule has 2 fully saturated rings. The zero-order valence-corrected chi connectivity index (χ0v) is 13.2. The molecule has 2 aliphatic rings. The highest BCUT2D eigenvalue weighted by atomic mass is 32.2. The van der Waals surface area contributed by atoms with E-state index in [4.69, 9.17) is 0 Å². The van der Waals surface area contributed by atoms with Gasteiger partial charge in [0.2, 0.25) is 0 Å². The molecule has 4 nitrogen and oxygen atoms in total. The Bertz CT molecular complexity index is 373. The summed E-state index contributed by atoms with van der Waals surface area (Å²) in [6.07, 6.45) is 8.41. The Morgan fingerprint density at radius 3 is 2.21 bits per heavy atom.